The highest BCUT2D eigenvalue weighted by atomic mass is 16.5. The van der Waals surface area contributed by atoms with Crippen LogP contribution in [0.15, 0.2) is 30.5 Å². The molecule has 1 fully saturated rings. The van der Waals surface area contributed by atoms with Crippen molar-refractivity contribution in [3.05, 3.63) is 41.9 Å². The van der Waals surface area contributed by atoms with Gasteiger partial charge in [0.15, 0.2) is 0 Å². The van der Waals surface area contributed by atoms with Gasteiger partial charge in [0.2, 0.25) is 5.88 Å². The smallest absolute Gasteiger partial charge is 0.241 e. The Labute approximate surface area is 125 Å². The molecule has 1 aliphatic rings. The van der Waals surface area contributed by atoms with E-state index in [0.717, 1.165) is 43.3 Å². The summed E-state index contributed by atoms with van der Waals surface area (Å²) < 4.78 is 5.83. The van der Waals surface area contributed by atoms with Gasteiger partial charge in [-0.15, -0.1) is 0 Å². The van der Waals surface area contributed by atoms with E-state index in [9.17, 15) is 0 Å². The van der Waals surface area contributed by atoms with Crippen LogP contribution in [-0.2, 0) is 0 Å². The van der Waals surface area contributed by atoms with Crippen molar-refractivity contribution in [2.75, 3.05) is 31.1 Å². The minimum absolute atomic E-state index is 0.574. The molecule has 5 heteroatoms. The van der Waals surface area contributed by atoms with Crippen molar-refractivity contribution in [3.63, 3.8) is 0 Å². The van der Waals surface area contributed by atoms with Crippen LogP contribution in [0.1, 0.15) is 11.4 Å². The summed E-state index contributed by atoms with van der Waals surface area (Å²) in [4.78, 5) is 11.0. The molecule has 0 aliphatic carbocycles. The summed E-state index contributed by atoms with van der Waals surface area (Å²) in [7, 11) is 0. The van der Waals surface area contributed by atoms with Gasteiger partial charge in [0.05, 0.1) is 11.4 Å². The zero-order chi connectivity index (χ0) is 14.7. The first-order valence-corrected chi connectivity index (χ1v) is 7.26. The van der Waals surface area contributed by atoms with E-state index < -0.39 is 0 Å². The predicted octanol–water partition coefficient (Wildman–Crippen LogP) is 2.30. The Hall–Kier alpha value is -2.14. The topological polar surface area (TPSA) is 50.3 Å². The standard InChI is InChI=1S/C16H20N4O/c1-12-11-18-13(2)16(19-12)21-15-5-3-14(4-6-15)20-9-7-17-8-10-20/h3-6,11,17H,7-10H2,1-2H3. The van der Waals surface area contributed by atoms with Crippen molar-refractivity contribution in [2.24, 2.45) is 0 Å². The first kappa shape index (κ1) is 13.8. The molecule has 1 aromatic carbocycles. The molecule has 0 bridgehead atoms. The van der Waals surface area contributed by atoms with E-state index in [0.29, 0.717) is 5.88 Å². The maximum atomic E-state index is 5.83. The molecule has 2 aromatic rings. The van der Waals surface area contributed by atoms with Gasteiger partial charge in [-0.1, -0.05) is 0 Å². The SMILES string of the molecule is Cc1cnc(C)c(Oc2ccc(N3CCNCC3)cc2)n1. The lowest BCUT2D eigenvalue weighted by molar-refractivity contribution is 0.453. The summed E-state index contributed by atoms with van der Waals surface area (Å²) in [6.07, 6.45) is 1.75. The number of rotatable bonds is 3. The number of ether oxygens (including phenoxy) is 1. The highest BCUT2D eigenvalue weighted by Crippen LogP contribution is 2.25. The summed E-state index contributed by atoms with van der Waals surface area (Å²) in [5.74, 6) is 1.36. The molecule has 110 valence electrons. The van der Waals surface area contributed by atoms with Gasteiger partial charge in [0.25, 0.3) is 0 Å². The maximum Gasteiger partial charge on any atom is 0.241 e. The zero-order valence-electron chi connectivity index (χ0n) is 12.5. The van der Waals surface area contributed by atoms with Gasteiger partial charge in [-0.3, -0.25) is 4.98 Å². The minimum Gasteiger partial charge on any atom is -0.437 e. The Morgan fingerprint density at radius 2 is 1.81 bits per heavy atom. The van der Waals surface area contributed by atoms with E-state index in [2.05, 4.69) is 32.3 Å². The summed E-state index contributed by atoms with van der Waals surface area (Å²) in [5, 5.41) is 3.36. The molecule has 0 amide bonds. The van der Waals surface area contributed by atoms with Crippen LogP contribution in [0.3, 0.4) is 0 Å². The van der Waals surface area contributed by atoms with Crippen LogP contribution in [0.25, 0.3) is 0 Å². The van der Waals surface area contributed by atoms with E-state index in [1.54, 1.807) is 6.20 Å². The van der Waals surface area contributed by atoms with Gasteiger partial charge < -0.3 is 15.0 Å². The Morgan fingerprint density at radius 3 is 2.52 bits per heavy atom. The third kappa shape index (κ3) is 3.31. The van der Waals surface area contributed by atoms with Gasteiger partial charge in [-0.25, -0.2) is 4.98 Å². The summed E-state index contributed by atoms with van der Waals surface area (Å²) in [6, 6.07) is 8.17. The van der Waals surface area contributed by atoms with Crippen molar-refractivity contribution in [2.45, 2.75) is 13.8 Å². The van der Waals surface area contributed by atoms with Crippen molar-refractivity contribution < 1.29 is 4.74 Å². The highest BCUT2D eigenvalue weighted by Gasteiger charge is 2.11. The maximum absolute atomic E-state index is 5.83. The lowest BCUT2D eigenvalue weighted by Crippen LogP contribution is -2.43. The van der Waals surface area contributed by atoms with Crippen molar-refractivity contribution in [1.29, 1.82) is 0 Å². The van der Waals surface area contributed by atoms with E-state index in [4.69, 9.17) is 4.74 Å². The number of benzene rings is 1. The Morgan fingerprint density at radius 1 is 1.10 bits per heavy atom. The molecule has 21 heavy (non-hydrogen) atoms. The fourth-order valence-corrected chi connectivity index (χ4v) is 2.37. The largest absolute Gasteiger partial charge is 0.437 e. The number of hydrogen-bond donors (Lipinski definition) is 1. The summed E-state index contributed by atoms with van der Waals surface area (Å²) in [6.45, 7) is 7.97. The average Bonchev–Trinajstić information content (AvgIpc) is 2.53. The lowest BCUT2D eigenvalue weighted by atomic mass is 10.2. The van der Waals surface area contributed by atoms with Crippen LogP contribution >= 0.6 is 0 Å². The van der Waals surface area contributed by atoms with E-state index in [-0.39, 0.29) is 0 Å². The van der Waals surface area contributed by atoms with Crippen LogP contribution in [-0.4, -0.2) is 36.1 Å². The molecule has 1 saturated heterocycles. The normalized spacial score (nSPS) is 15.0. The van der Waals surface area contributed by atoms with E-state index >= 15 is 0 Å². The molecule has 0 saturated carbocycles. The fourth-order valence-electron chi connectivity index (χ4n) is 2.37. The molecule has 1 aromatic heterocycles. The fraction of sp³-hybridized carbons (Fsp3) is 0.375. The minimum atomic E-state index is 0.574. The average molecular weight is 284 g/mol. The van der Waals surface area contributed by atoms with Gasteiger partial charge in [-0.2, -0.15) is 0 Å². The monoisotopic (exact) mass is 284 g/mol. The predicted molar refractivity (Wildman–Crippen MR) is 83.1 cm³/mol. The molecule has 0 spiro atoms. The van der Waals surface area contributed by atoms with Crippen LogP contribution in [0.5, 0.6) is 11.6 Å². The molecule has 2 heterocycles. The van der Waals surface area contributed by atoms with Crippen LogP contribution in [0.2, 0.25) is 0 Å². The molecule has 5 nitrogen and oxygen atoms in total. The molecule has 1 aliphatic heterocycles. The van der Waals surface area contributed by atoms with Crippen molar-refractivity contribution in [1.82, 2.24) is 15.3 Å². The van der Waals surface area contributed by atoms with E-state index in [1.165, 1.54) is 5.69 Å². The Kier molecular flexibility index (Phi) is 4.01. The number of nitrogens with zero attached hydrogens (tertiary/aromatic N) is 3. The first-order chi connectivity index (χ1) is 10.2. The number of aromatic nitrogens is 2. The third-order valence-corrected chi connectivity index (χ3v) is 3.57. The van der Waals surface area contributed by atoms with Gasteiger partial charge >= 0.3 is 0 Å². The number of nitrogens with one attached hydrogen (secondary N) is 1. The lowest BCUT2D eigenvalue weighted by Gasteiger charge is -2.29. The second-order valence-corrected chi connectivity index (χ2v) is 5.23. The molecular weight excluding hydrogens is 264 g/mol. The van der Waals surface area contributed by atoms with Crippen LogP contribution in [0.4, 0.5) is 5.69 Å². The number of anilines is 1. The summed E-state index contributed by atoms with van der Waals surface area (Å²) >= 11 is 0. The quantitative estimate of drug-likeness (QED) is 0.937. The van der Waals surface area contributed by atoms with Crippen LogP contribution < -0.4 is 15.0 Å². The third-order valence-electron chi connectivity index (χ3n) is 3.57. The second kappa shape index (κ2) is 6.10. The molecular formula is C16H20N4O. The van der Waals surface area contributed by atoms with Gasteiger partial charge in [-0.05, 0) is 38.1 Å². The van der Waals surface area contributed by atoms with Gasteiger partial charge in [0.1, 0.15) is 5.75 Å². The number of aryl methyl sites for hydroxylation is 2. The summed E-state index contributed by atoms with van der Waals surface area (Å²) in [5.41, 5.74) is 2.88. The number of piperazine rings is 1. The van der Waals surface area contributed by atoms with Gasteiger partial charge in [0, 0.05) is 38.1 Å². The van der Waals surface area contributed by atoms with Crippen molar-refractivity contribution in [3.8, 4) is 11.6 Å². The molecule has 0 radical (unpaired) electrons. The zero-order valence-corrected chi connectivity index (χ0v) is 12.5. The number of hydrogen-bond acceptors (Lipinski definition) is 5. The Bertz CT molecular complexity index is 606. The Balaban J connectivity index is 1.73. The molecule has 1 N–H and O–H groups in total. The second-order valence-electron chi connectivity index (χ2n) is 5.23. The van der Waals surface area contributed by atoms with Crippen LogP contribution in [0, 0.1) is 13.8 Å². The first-order valence-electron chi connectivity index (χ1n) is 7.26. The molecule has 3 rings (SSSR count). The molecule has 0 unspecified atom stereocenters. The van der Waals surface area contributed by atoms with Crippen molar-refractivity contribution >= 4 is 5.69 Å². The van der Waals surface area contributed by atoms with E-state index in [1.807, 2.05) is 26.0 Å². The highest BCUT2D eigenvalue weighted by molar-refractivity contribution is 5.50. The molecule has 0 atom stereocenters.